The summed E-state index contributed by atoms with van der Waals surface area (Å²) in [7, 11) is 0. The molecule has 5 nitrogen and oxygen atoms in total. The number of likely N-dealkylation sites (tertiary alicyclic amines) is 1. The number of aromatic nitrogens is 2. The van der Waals surface area contributed by atoms with Crippen LogP contribution in [0.5, 0.6) is 0 Å². The number of carbonyl (C=O) groups is 1. The Morgan fingerprint density at radius 3 is 3.05 bits per heavy atom. The minimum absolute atomic E-state index is 0.261. The summed E-state index contributed by atoms with van der Waals surface area (Å²) in [6, 6.07) is 0.347. The van der Waals surface area contributed by atoms with E-state index in [1.54, 1.807) is 6.92 Å². The molecule has 1 aliphatic heterocycles. The fourth-order valence-corrected chi connectivity index (χ4v) is 2.68. The second-order valence-corrected chi connectivity index (χ2v) is 5.38. The van der Waals surface area contributed by atoms with E-state index in [9.17, 15) is 4.79 Å². The third-order valence-electron chi connectivity index (χ3n) is 3.59. The molecule has 1 unspecified atom stereocenters. The van der Waals surface area contributed by atoms with Gasteiger partial charge in [-0.15, -0.1) is 0 Å². The van der Waals surface area contributed by atoms with Crippen LogP contribution in [0.2, 0.25) is 0 Å². The van der Waals surface area contributed by atoms with Gasteiger partial charge in [-0.25, -0.2) is 0 Å². The van der Waals surface area contributed by atoms with Crippen LogP contribution in [0.25, 0.3) is 0 Å². The molecule has 0 amide bonds. The number of aryl methyl sites for hydroxylation is 1. The van der Waals surface area contributed by atoms with Gasteiger partial charge in [0.2, 0.25) is 5.89 Å². The van der Waals surface area contributed by atoms with Crippen molar-refractivity contribution in [2.75, 3.05) is 6.54 Å². The third kappa shape index (κ3) is 4.13. The molecule has 0 N–H and O–H groups in total. The van der Waals surface area contributed by atoms with Crippen LogP contribution in [0.1, 0.15) is 57.7 Å². The Labute approximate surface area is 114 Å². The van der Waals surface area contributed by atoms with E-state index in [0.29, 0.717) is 19.0 Å². The van der Waals surface area contributed by atoms with Gasteiger partial charge in [0.05, 0.1) is 6.54 Å². The van der Waals surface area contributed by atoms with E-state index in [1.165, 1.54) is 12.8 Å². The molecule has 19 heavy (non-hydrogen) atoms. The Hall–Kier alpha value is -1.23. The van der Waals surface area contributed by atoms with Crippen molar-refractivity contribution in [2.24, 2.45) is 0 Å². The zero-order chi connectivity index (χ0) is 13.7. The van der Waals surface area contributed by atoms with Crippen LogP contribution in [0.15, 0.2) is 4.52 Å². The van der Waals surface area contributed by atoms with Gasteiger partial charge in [0.1, 0.15) is 5.78 Å². The highest BCUT2D eigenvalue weighted by Crippen LogP contribution is 2.21. The van der Waals surface area contributed by atoms with Crippen molar-refractivity contribution in [1.29, 1.82) is 0 Å². The quantitative estimate of drug-likeness (QED) is 0.790. The lowest BCUT2D eigenvalue weighted by Crippen LogP contribution is -2.40. The topological polar surface area (TPSA) is 59.2 Å². The Morgan fingerprint density at radius 2 is 2.32 bits per heavy atom. The fraction of sp³-hybridized carbons (Fsp3) is 0.786. The Balaban J connectivity index is 1.95. The molecule has 1 saturated heterocycles. The molecule has 5 heteroatoms. The maximum Gasteiger partial charge on any atom is 0.226 e. The van der Waals surface area contributed by atoms with Gasteiger partial charge in [-0.05, 0) is 32.7 Å². The van der Waals surface area contributed by atoms with Crippen LogP contribution >= 0.6 is 0 Å². The number of hydrogen-bond acceptors (Lipinski definition) is 5. The lowest BCUT2D eigenvalue weighted by Gasteiger charge is -2.34. The molecule has 106 valence electrons. The number of Topliss-reactive ketones (excluding diaryl/α,β-unsaturated/α-hetero) is 1. The predicted molar refractivity (Wildman–Crippen MR) is 71.6 cm³/mol. The first-order valence-electron chi connectivity index (χ1n) is 7.24. The first kappa shape index (κ1) is 14.2. The average Bonchev–Trinajstić information content (AvgIpc) is 2.79. The van der Waals surface area contributed by atoms with E-state index in [4.69, 9.17) is 4.52 Å². The molecule has 0 aliphatic carbocycles. The van der Waals surface area contributed by atoms with Gasteiger partial charge in [0.15, 0.2) is 5.82 Å². The van der Waals surface area contributed by atoms with E-state index in [-0.39, 0.29) is 5.78 Å². The zero-order valence-corrected chi connectivity index (χ0v) is 11.9. The molecular formula is C14H23N3O2. The number of rotatable bonds is 6. The van der Waals surface area contributed by atoms with Crippen LogP contribution < -0.4 is 0 Å². The molecule has 0 bridgehead atoms. The second-order valence-electron chi connectivity index (χ2n) is 5.38. The highest BCUT2D eigenvalue weighted by molar-refractivity contribution is 5.76. The molecule has 0 spiro atoms. The normalized spacial score (nSPS) is 20.6. The van der Waals surface area contributed by atoms with E-state index >= 15 is 0 Å². The molecule has 2 rings (SSSR count). The molecule has 1 fully saturated rings. The summed E-state index contributed by atoms with van der Waals surface area (Å²) in [6.45, 7) is 5.48. The standard InChI is InChI=1S/C14H23N3O2/c1-3-6-14-15-13(16-19-14)10-17-8-5-4-7-12(17)9-11(2)18/h12H,3-10H2,1-2H3. The highest BCUT2D eigenvalue weighted by Gasteiger charge is 2.24. The molecule has 1 atom stereocenters. The van der Waals surface area contributed by atoms with Gasteiger partial charge in [-0.2, -0.15) is 4.98 Å². The smallest absolute Gasteiger partial charge is 0.226 e. The molecule has 2 heterocycles. The van der Waals surface area contributed by atoms with Gasteiger partial charge in [0.25, 0.3) is 0 Å². The SMILES string of the molecule is CCCc1nc(CN2CCCCC2CC(C)=O)no1. The van der Waals surface area contributed by atoms with Crippen molar-refractivity contribution in [3.05, 3.63) is 11.7 Å². The molecule has 1 aromatic heterocycles. The van der Waals surface area contributed by atoms with E-state index in [2.05, 4.69) is 22.0 Å². The van der Waals surface area contributed by atoms with Crippen LogP contribution in [0.3, 0.4) is 0 Å². The molecule has 1 aromatic rings. The summed E-state index contributed by atoms with van der Waals surface area (Å²) in [5.74, 6) is 1.73. The van der Waals surface area contributed by atoms with Crippen molar-refractivity contribution in [3.63, 3.8) is 0 Å². The third-order valence-corrected chi connectivity index (χ3v) is 3.59. The Morgan fingerprint density at radius 1 is 1.47 bits per heavy atom. The summed E-state index contributed by atoms with van der Waals surface area (Å²) in [6.07, 6.45) is 5.98. The summed E-state index contributed by atoms with van der Waals surface area (Å²) in [5.41, 5.74) is 0. The number of hydrogen-bond donors (Lipinski definition) is 0. The molecule has 1 aliphatic rings. The van der Waals surface area contributed by atoms with Crippen LogP contribution in [-0.2, 0) is 17.8 Å². The second kappa shape index (κ2) is 6.80. The van der Waals surface area contributed by atoms with Crippen LogP contribution in [-0.4, -0.2) is 33.4 Å². The van der Waals surface area contributed by atoms with Gasteiger partial charge in [-0.3, -0.25) is 9.69 Å². The van der Waals surface area contributed by atoms with Crippen molar-refractivity contribution < 1.29 is 9.32 Å². The molecule has 0 saturated carbocycles. The van der Waals surface area contributed by atoms with Crippen molar-refractivity contribution in [2.45, 2.75) is 65.0 Å². The minimum atomic E-state index is 0.261. The van der Waals surface area contributed by atoms with Crippen molar-refractivity contribution in [1.82, 2.24) is 15.0 Å². The largest absolute Gasteiger partial charge is 0.339 e. The minimum Gasteiger partial charge on any atom is -0.339 e. The Bertz CT molecular complexity index is 417. The van der Waals surface area contributed by atoms with Crippen molar-refractivity contribution in [3.8, 4) is 0 Å². The lowest BCUT2D eigenvalue weighted by molar-refractivity contribution is -0.118. The van der Waals surface area contributed by atoms with Gasteiger partial charge < -0.3 is 4.52 Å². The molecule has 0 aromatic carbocycles. The summed E-state index contributed by atoms with van der Waals surface area (Å²) < 4.78 is 5.21. The van der Waals surface area contributed by atoms with Crippen molar-refractivity contribution >= 4 is 5.78 Å². The monoisotopic (exact) mass is 265 g/mol. The lowest BCUT2D eigenvalue weighted by atomic mass is 9.98. The molecule has 0 radical (unpaired) electrons. The van der Waals surface area contributed by atoms with E-state index < -0.39 is 0 Å². The van der Waals surface area contributed by atoms with E-state index in [0.717, 1.165) is 37.5 Å². The highest BCUT2D eigenvalue weighted by atomic mass is 16.5. The summed E-state index contributed by atoms with van der Waals surface area (Å²) in [5, 5.41) is 4.03. The van der Waals surface area contributed by atoms with Gasteiger partial charge in [-0.1, -0.05) is 18.5 Å². The average molecular weight is 265 g/mol. The Kier molecular flexibility index (Phi) is 5.07. The number of ketones is 1. The number of nitrogens with zero attached hydrogens (tertiary/aromatic N) is 3. The summed E-state index contributed by atoms with van der Waals surface area (Å²) >= 11 is 0. The maximum atomic E-state index is 11.3. The van der Waals surface area contributed by atoms with Gasteiger partial charge in [0, 0.05) is 18.9 Å². The van der Waals surface area contributed by atoms with Gasteiger partial charge >= 0.3 is 0 Å². The number of carbonyl (C=O) groups excluding carboxylic acids is 1. The molecular weight excluding hydrogens is 242 g/mol. The fourth-order valence-electron chi connectivity index (χ4n) is 2.68. The number of piperidine rings is 1. The summed E-state index contributed by atoms with van der Waals surface area (Å²) in [4.78, 5) is 18.1. The predicted octanol–water partition coefficient (Wildman–Crippen LogP) is 2.36. The first-order valence-corrected chi connectivity index (χ1v) is 7.24. The first-order chi connectivity index (χ1) is 9.19. The maximum absolute atomic E-state index is 11.3. The zero-order valence-electron chi connectivity index (χ0n) is 11.9. The van der Waals surface area contributed by atoms with Crippen LogP contribution in [0.4, 0.5) is 0 Å². The van der Waals surface area contributed by atoms with Crippen LogP contribution in [0, 0.1) is 0 Å². The van der Waals surface area contributed by atoms with E-state index in [1.807, 2.05) is 0 Å².